The van der Waals surface area contributed by atoms with Gasteiger partial charge in [0.05, 0.1) is 34.4 Å². The summed E-state index contributed by atoms with van der Waals surface area (Å²) in [6.45, 7) is 0. The van der Waals surface area contributed by atoms with Gasteiger partial charge < -0.3 is 0 Å². The molecule has 0 atom stereocenters. The Balaban J connectivity index is 1.83. The van der Waals surface area contributed by atoms with E-state index >= 15 is 0 Å². The van der Waals surface area contributed by atoms with Crippen molar-refractivity contribution in [3.05, 3.63) is 106 Å². The Hall–Kier alpha value is -4.30. The zero-order valence-electron chi connectivity index (χ0n) is 17.2. The molecule has 3 aromatic carbocycles. The Kier molecular flexibility index (Phi) is 6.93. The van der Waals surface area contributed by atoms with Crippen LogP contribution in [0.4, 0.5) is 26.3 Å². The summed E-state index contributed by atoms with van der Waals surface area (Å²) in [5.74, 6) is 0. The van der Waals surface area contributed by atoms with Gasteiger partial charge in [-0.2, -0.15) is 36.9 Å². The fraction of sp³-hybridized carbons (Fsp3) is 0.0769. The minimum atomic E-state index is -4.47. The predicted octanol–water partition coefficient (Wildman–Crippen LogP) is 7.85. The normalized spacial score (nSPS) is 12.7. The molecule has 0 N–H and O–H groups in total. The van der Waals surface area contributed by atoms with Crippen molar-refractivity contribution >= 4 is 23.3 Å². The minimum Gasteiger partial charge on any atom is -0.192 e. The van der Waals surface area contributed by atoms with Crippen molar-refractivity contribution in [2.75, 3.05) is 0 Å². The van der Waals surface area contributed by atoms with Gasteiger partial charge in [0.2, 0.25) is 0 Å². The third kappa shape index (κ3) is 5.93. The smallest absolute Gasteiger partial charge is 0.192 e. The SMILES string of the molecule is N#C/C(=C\c1ccc(/C=C(\C#N)c2ccc(C(F)(F)F)cc2)cc1)c1ccc(C(F)(F)F)cc1. The Bertz CT molecular complexity index is 1190. The number of hydrogen-bond acceptors (Lipinski definition) is 2. The monoisotopic (exact) mass is 468 g/mol. The van der Waals surface area contributed by atoms with E-state index in [1.54, 1.807) is 24.3 Å². The lowest BCUT2D eigenvalue weighted by Gasteiger charge is -2.07. The predicted molar refractivity (Wildman–Crippen MR) is 116 cm³/mol. The van der Waals surface area contributed by atoms with Crippen LogP contribution in [-0.2, 0) is 12.4 Å². The fourth-order valence-corrected chi connectivity index (χ4v) is 3.06. The highest BCUT2D eigenvalue weighted by Crippen LogP contribution is 2.31. The number of hydrogen-bond donors (Lipinski definition) is 0. The number of rotatable bonds is 4. The number of alkyl halides is 6. The van der Waals surface area contributed by atoms with E-state index in [1.807, 2.05) is 12.1 Å². The van der Waals surface area contributed by atoms with Gasteiger partial charge in [0.15, 0.2) is 0 Å². The molecule has 3 rings (SSSR count). The first-order valence-electron chi connectivity index (χ1n) is 9.70. The van der Waals surface area contributed by atoms with Crippen LogP contribution in [0, 0.1) is 22.7 Å². The van der Waals surface area contributed by atoms with Gasteiger partial charge in [-0.1, -0.05) is 48.5 Å². The molecule has 0 heterocycles. The van der Waals surface area contributed by atoms with E-state index in [1.165, 1.54) is 36.4 Å². The first kappa shape index (κ1) is 24.3. The van der Waals surface area contributed by atoms with Crippen molar-refractivity contribution in [3.63, 3.8) is 0 Å². The molecule has 0 saturated carbocycles. The van der Waals surface area contributed by atoms with Gasteiger partial charge in [-0.05, 0) is 58.7 Å². The zero-order chi connectivity index (χ0) is 24.9. The van der Waals surface area contributed by atoms with Gasteiger partial charge in [-0.3, -0.25) is 0 Å². The van der Waals surface area contributed by atoms with Crippen LogP contribution in [0.2, 0.25) is 0 Å². The largest absolute Gasteiger partial charge is 0.416 e. The van der Waals surface area contributed by atoms with Gasteiger partial charge in [0, 0.05) is 0 Å². The molecule has 0 aliphatic heterocycles. The van der Waals surface area contributed by atoms with E-state index in [9.17, 15) is 36.9 Å². The van der Waals surface area contributed by atoms with E-state index in [2.05, 4.69) is 0 Å². The summed E-state index contributed by atoms with van der Waals surface area (Å²) in [7, 11) is 0. The molecule has 0 bridgehead atoms. The third-order valence-electron chi connectivity index (χ3n) is 4.85. The molecule has 3 aromatic rings. The number of halogens is 6. The molecule has 0 saturated heterocycles. The van der Waals surface area contributed by atoms with Crippen LogP contribution in [0.25, 0.3) is 23.3 Å². The lowest BCUT2D eigenvalue weighted by Crippen LogP contribution is -2.04. The molecule has 0 radical (unpaired) electrons. The number of allylic oxidation sites excluding steroid dienone is 2. The summed E-state index contributed by atoms with van der Waals surface area (Å²) in [6, 6.07) is 19.0. The van der Waals surface area contributed by atoms with Gasteiger partial charge in [-0.25, -0.2) is 0 Å². The van der Waals surface area contributed by atoms with Crippen molar-refractivity contribution in [1.82, 2.24) is 0 Å². The van der Waals surface area contributed by atoms with Crippen LogP contribution >= 0.6 is 0 Å². The second-order valence-electron chi connectivity index (χ2n) is 7.16. The molecule has 2 nitrogen and oxygen atoms in total. The number of benzene rings is 3. The highest BCUT2D eigenvalue weighted by molar-refractivity contribution is 5.91. The van der Waals surface area contributed by atoms with Crippen LogP contribution in [0.3, 0.4) is 0 Å². The van der Waals surface area contributed by atoms with Crippen LogP contribution in [0.1, 0.15) is 33.4 Å². The highest BCUT2D eigenvalue weighted by Gasteiger charge is 2.30. The fourth-order valence-electron chi connectivity index (χ4n) is 3.06. The van der Waals surface area contributed by atoms with Crippen molar-refractivity contribution in [3.8, 4) is 12.1 Å². The van der Waals surface area contributed by atoms with Crippen molar-refractivity contribution in [2.45, 2.75) is 12.4 Å². The Labute approximate surface area is 191 Å². The van der Waals surface area contributed by atoms with Crippen molar-refractivity contribution in [2.24, 2.45) is 0 Å². The van der Waals surface area contributed by atoms with Crippen molar-refractivity contribution < 1.29 is 26.3 Å². The van der Waals surface area contributed by atoms with Gasteiger partial charge in [0.1, 0.15) is 0 Å². The molecule has 8 heteroatoms. The average molecular weight is 468 g/mol. The maximum atomic E-state index is 12.7. The third-order valence-corrected chi connectivity index (χ3v) is 4.85. The molecule has 170 valence electrons. The number of nitriles is 2. The van der Waals surface area contributed by atoms with Gasteiger partial charge >= 0.3 is 12.4 Å². The molecule has 0 aliphatic carbocycles. The molecule has 0 spiro atoms. The summed E-state index contributed by atoms with van der Waals surface area (Å²) >= 11 is 0. The standard InChI is InChI=1S/C26H14F6N2/c27-25(28,29)23-9-5-19(6-10-23)21(15-33)13-17-1-2-18(4-3-17)14-22(16-34)20-7-11-24(12-8-20)26(30,31)32/h1-14H/b21-13+,22-14+. The first-order valence-corrected chi connectivity index (χ1v) is 9.70. The summed E-state index contributed by atoms with van der Waals surface area (Å²) in [4.78, 5) is 0. The van der Waals surface area contributed by atoms with E-state index in [-0.39, 0.29) is 11.1 Å². The van der Waals surface area contributed by atoms with E-state index in [4.69, 9.17) is 0 Å². The van der Waals surface area contributed by atoms with Gasteiger partial charge in [-0.15, -0.1) is 0 Å². The van der Waals surface area contributed by atoms with Crippen LogP contribution < -0.4 is 0 Å². The Morgan fingerprint density at radius 3 is 1.06 bits per heavy atom. The Morgan fingerprint density at radius 2 is 0.824 bits per heavy atom. The number of nitrogens with zero attached hydrogens (tertiary/aromatic N) is 2. The maximum Gasteiger partial charge on any atom is 0.416 e. The lowest BCUT2D eigenvalue weighted by molar-refractivity contribution is -0.138. The molecular formula is C26H14F6N2. The summed E-state index contributed by atoms with van der Waals surface area (Å²) in [5.41, 5.74) is 0.557. The summed E-state index contributed by atoms with van der Waals surface area (Å²) in [5, 5.41) is 18.8. The molecular weight excluding hydrogens is 454 g/mol. The van der Waals surface area contributed by atoms with Crippen LogP contribution in [0.15, 0.2) is 72.8 Å². The van der Waals surface area contributed by atoms with Crippen LogP contribution in [0.5, 0.6) is 0 Å². The van der Waals surface area contributed by atoms with E-state index < -0.39 is 23.5 Å². The second kappa shape index (κ2) is 9.68. The highest BCUT2D eigenvalue weighted by atomic mass is 19.4. The molecule has 0 amide bonds. The molecule has 0 fully saturated rings. The zero-order valence-corrected chi connectivity index (χ0v) is 17.2. The Morgan fingerprint density at radius 1 is 0.529 bits per heavy atom. The van der Waals surface area contributed by atoms with Crippen molar-refractivity contribution in [1.29, 1.82) is 10.5 Å². The maximum absolute atomic E-state index is 12.7. The van der Waals surface area contributed by atoms with Crippen LogP contribution in [-0.4, -0.2) is 0 Å². The molecule has 0 aliphatic rings. The second-order valence-corrected chi connectivity index (χ2v) is 7.16. The minimum absolute atomic E-state index is 0.166. The summed E-state index contributed by atoms with van der Waals surface area (Å²) < 4.78 is 76.4. The molecule has 34 heavy (non-hydrogen) atoms. The first-order chi connectivity index (χ1) is 16.0. The van der Waals surface area contributed by atoms with E-state index in [0.29, 0.717) is 22.3 Å². The topological polar surface area (TPSA) is 47.6 Å². The lowest BCUT2D eigenvalue weighted by atomic mass is 10.00. The quantitative estimate of drug-likeness (QED) is 0.222. The average Bonchev–Trinajstić information content (AvgIpc) is 2.81. The summed E-state index contributed by atoms with van der Waals surface area (Å²) in [6.07, 6.45) is -5.92. The van der Waals surface area contributed by atoms with E-state index in [0.717, 1.165) is 24.3 Å². The molecule has 0 unspecified atom stereocenters. The van der Waals surface area contributed by atoms with Gasteiger partial charge in [0.25, 0.3) is 0 Å². The molecule has 0 aromatic heterocycles.